The summed E-state index contributed by atoms with van der Waals surface area (Å²) < 4.78 is 4.77. The number of amides is 1. The van der Waals surface area contributed by atoms with Gasteiger partial charge in [-0.25, -0.2) is 14.7 Å². The lowest BCUT2D eigenvalue weighted by molar-refractivity contribution is 0.172. The Bertz CT molecular complexity index is 384. The minimum atomic E-state index is -0.428. The zero-order valence-electron chi connectivity index (χ0n) is 10.6. The first-order valence-corrected chi connectivity index (χ1v) is 6.21. The number of aliphatic hydroxyl groups is 1. The number of aliphatic hydroxyl groups excluding tert-OH is 1. The van der Waals surface area contributed by atoms with E-state index in [9.17, 15) is 4.79 Å². The molecule has 6 heteroatoms. The molecule has 96 valence electrons. The van der Waals surface area contributed by atoms with Crippen LogP contribution < -0.4 is 4.90 Å². The Labute approximate surface area is 105 Å². The summed E-state index contributed by atoms with van der Waals surface area (Å²) in [5.74, 6) is 0. The quantitative estimate of drug-likeness (QED) is 0.901. The molecule has 0 saturated heterocycles. The molecular weight excluding hydrogens is 240 g/mol. The number of nitrogens with zero attached hydrogens (tertiary/aromatic N) is 2. The fourth-order valence-corrected chi connectivity index (χ4v) is 2.39. The SMILES string of the molecule is COC(=O)N(c1nc(CCO)cs1)C(C)(C)C. The van der Waals surface area contributed by atoms with Crippen molar-refractivity contribution in [3.05, 3.63) is 11.1 Å². The van der Waals surface area contributed by atoms with Crippen molar-refractivity contribution in [3.8, 4) is 0 Å². The van der Waals surface area contributed by atoms with E-state index in [2.05, 4.69) is 4.98 Å². The molecule has 0 aliphatic heterocycles. The highest BCUT2D eigenvalue weighted by atomic mass is 32.1. The number of ether oxygens (including phenoxy) is 1. The maximum atomic E-state index is 11.7. The van der Waals surface area contributed by atoms with Crippen LogP contribution in [-0.4, -0.2) is 35.4 Å². The third-order valence-electron chi connectivity index (χ3n) is 2.13. The van der Waals surface area contributed by atoms with Gasteiger partial charge in [0.1, 0.15) is 0 Å². The summed E-state index contributed by atoms with van der Waals surface area (Å²) in [6.07, 6.45) is 0.0674. The standard InChI is InChI=1S/C11H18N2O3S/c1-11(2,3)13(10(15)16-4)9-12-8(5-6-14)7-17-9/h7,14H,5-6H2,1-4H3. The zero-order valence-corrected chi connectivity index (χ0v) is 11.4. The van der Waals surface area contributed by atoms with Gasteiger partial charge in [-0.1, -0.05) is 0 Å². The maximum Gasteiger partial charge on any atom is 0.416 e. The number of carbonyl (C=O) groups is 1. The van der Waals surface area contributed by atoms with Gasteiger partial charge in [0.15, 0.2) is 5.13 Å². The Morgan fingerprint density at radius 2 is 2.24 bits per heavy atom. The van der Waals surface area contributed by atoms with Crippen LogP contribution in [0.5, 0.6) is 0 Å². The molecule has 0 aromatic carbocycles. The van der Waals surface area contributed by atoms with E-state index in [-0.39, 0.29) is 6.61 Å². The number of hydrogen-bond donors (Lipinski definition) is 1. The van der Waals surface area contributed by atoms with Crippen LogP contribution in [0.15, 0.2) is 5.38 Å². The molecule has 5 nitrogen and oxygen atoms in total. The lowest BCUT2D eigenvalue weighted by atomic mass is 10.1. The van der Waals surface area contributed by atoms with Gasteiger partial charge in [-0.15, -0.1) is 11.3 Å². The van der Waals surface area contributed by atoms with Gasteiger partial charge in [0.2, 0.25) is 0 Å². The van der Waals surface area contributed by atoms with E-state index in [1.54, 1.807) is 0 Å². The van der Waals surface area contributed by atoms with Crippen LogP contribution >= 0.6 is 11.3 Å². The molecule has 0 aliphatic carbocycles. The molecule has 0 spiro atoms. The maximum absolute atomic E-state index is 11.7. The van der Waals surface area contributed by atoms with Crippen LogP contribution in [0.3, 0.4) is 0 Å². The zero-order chi connectivity index (χ0) is 13.1. The number of thiazole rings is 1. The molecule has 1 amide bonds. The second-order valence-corrected chi connectivity index (χ2v) is 5.41. The first kappa shape index (κ1) is 13.9. The van der Waals surface area contributed by atoms with Gasteiger partial charge in [-0.2, -0.15) is 0 Å². The van der Waals surface area contributed by atoms with Crippen LogP contribution in [-0.2, 0) is 11.2 Å². The van der Waals surface area contributed by atoms with Gasteiger partial charge in [-0.05, 0) is 20.8 Å². The molecule has 0 fully saturated rings. The molecule has 0 bridgehead atoms. The molecule has 1 N–H and O–H groups in total. The first-order chi connectivity index (χ1) is 7.90. The van der Waals surface area contributed by atoms with E-state index >= 15 is 0 Å². The lowest BCUT2D eigenvalue weighted by Crippen LogP contribution is -2.45. The van der Waals surface area contributed by atoms with Crippen LogP contribution in [0.25, 0.3) is 0 Å². The molecular formula is C11H18N2O3S. The second kappa shape index (κ2) is 5.46. The molecule has 0 atom stereocenters. The highest BCUT2D eigenvalue weighted by molar-refractivity contribution is 7.14. The van der Waals surface area contributed by atoms with Crippen molar-refractivity contribution in [1.82, 2.24) is 4.98 Å². The van der Waals surface area contributed by atoms with Crippen molar-refractivity contribution in [2.24, 2.45) is 0 Å². The van der Waals surface area contributed by atoms with Gasteiger partial charge in [0.25, 0.3) is 0 Å². The topological polar surface area (TPSA) is 62.7 Å². The third kappa shape index (κ3) is 3.41. The molecule has 1 rings (SSSR count). The largest absolute Gasteiger partial charge is 0.452 e. The van der Waals surface area contributed by atoms with E-state index in [0.717, 1.165) is 5.69 Å². The molecule has 1 aromatic heterocycles. The fourth-order valence-electron chi connectivity index (χ4n) is 1.36. The van der Waals surface area contributed by atoms with E-state index in [1.165, 1.54) is 23.3 Å². The summed E-state index contributed by atoms with van der Waals surface area (Å²) in [5.41, 5.74) is 0.382. The van der Waals surface area contributed by atoms with Crippen molar-refractivity contribution in [2.75, 3.05) is 18.6 Å². The normalized spacial score (nSPS) is 11.4. The molecule has 0 unspecified atom stereocenters. The van der Waals surface area contributed by atoms with E-state index < -0.39 is 11.6 Å². The minimum Gasteiger partial charge on any atom is -0.452 e. The number of anilines is 1. The molecule has 1 heterocycles. The highest BCUT2D eigenvalue weighted by Crippen LogP contribution is 2.28. The number of aromatic nitrogens is 1. The minimum absolute atomic E-state index is 0.0525. The first-order valence-electron chi connectivity index (χ1n) is 5.33. The number of methoxy groups -OCH3 is 1. The Morgan fingerprint density at radius 1 is 1.59 bits per heavy atom. The van der Waals surface area contributed by atoms with Crippen molar-refractivity contribution >= 4 is 22.6 Å². The van der Waals surface area contributed by atoms with Crippen LogP contribution in [0, 0.1) is 0 Å². The van der Waals surface area contributed by atoms with Gasteiger partial charge < -0.3 is 9.84 Å². The Kier molecular flexibility index (Phi) is 4.47. The predicted molar refractivity (Wildman–Crippen MR) is 67.5 cm³/mol. The average molecular weight is 258 g/mol. The Hall–Kier alpha value is -1.14. The van der Waals surface area contributed by atoms with Gasteiger partial charge in [0, 0.05) is 23.9 Å². The fraction of sp³-hybridized carbons (Fsp3) is 0.636. The predicted octanol–water partition coefficient (Wildman–Crippen LogP) is 2.05. The van der Waals surface area contributed by atoms with Crippen LogP contribution in [0.2, 0.25) is 0 Å². The number of rotatable bonds is 3. The number of carbonyl (C=O) groups excluding carboxylic acids is 1. The molecule has 0 aliphatic rings. The van der Waals surface area contributed by atoms with Crippen LogP contribution in [0.4, 0.5) is 9.93 Å². The Morgan fingerprint density at radius 3 is 2.71 bits per heavy atom. The van der Waals surface area contributed by atoms with Crippen molar-refractivity contribution in [3.63, 3.8) is 0 Å². The van der Waals surface area contributed by atoms with Crippen LogP contribution in [0.1, 0.15) is 26.5 Å². The summed E-state index contributed by atoms with van der Waals surface area (Å²) in [6, 6.07) is 0. The van der Waals surface area contributed by atoms with Gasteiger partial charge in [-0.3, -0.25) is 0 Å². The highest BCUT2D eigenvalue weighted by Gasteiger charge is 2.31. The smallest absolute Gasteiger partial charge is 0.416 e. The lowest BCUT2D eigenvalue weighted by Gasteiger charge is -2.31. The summed E-state index contributed by atoms with van der Waals surface area (Å²) in [7, 11) is 1.35. The van der Waals surface area contributed by atoms with Crippen molar-refractivity contribution in [2.45, 2.75) is 32.7 Å². The third-order valence-corrected chi connectivity index (χ3v) is 3.00. The molecule has 1 aromatic rings. The summed E-state index contributed by atoms with van der Waals surface area (Å²) in [4.78, 5) is 17.6. The monoisotopic (exact) mass is 258 g/mol. The molecule has 0 saturated carbocycles. The second-order valence-electron chi connectivity index (χ2n) is 4.57. The van der Waals surface area contributed by atoms with Crippen molar-refractivity contribution in [1.29, 1.82) is 0 Å². The number of hydrogen-bond acceptors (Lipinski definition) is 5. The van der Waals surface area contributed by atoms with Gasteiger partial charge >= 0.3 is 6.09 Å². The van der Waals surface area contributed by atoms with Gasteiger partial charge in [0.05, 0.1) is 12.8 Å². The molecule has 0 radical (unpaired) electrons. The van der Waals surface area contributed by atoms with Crippen molar-refractivity contribution < 1.29 is 14.6 Å². The van der Waals surface area contributed by atoms with E-state index in [4.69, 9.17) is 9.84 Å². The summed E-state index contributed by atoms with van der Waals surface area (Å²) >= 11 is 1.37. The summed E-state index contributed by atoms with van der Waals surface area (Å²) in [6.45, 7) is 5.79. The van der Waals surface area contributed by atoms with E-state index in [1.807, 2.05) is 26.2 Å². The average Bonchev–Trinajstić information content (AvgIpc) is 2.64. The molecule has 17 heavy (non-hydrogen) atoms. The van der Waals surface area contributed by atoms with E-state index in [0.29, 0.717) is 11.6 Å². The summed E-state index contributed by atoms with van der Waals surface area (Å²) in [5, 5.41) is 11.3. The Balaban J connectivity index is 3.01.